The van der Waals surface area contributed by atoms with E-state index in [1.54, 1.807) is 19.5 Å². The summed E-state index contributed by atoms with van der Waals surface area (Å²) in [6.45, 7) is 2.31. The number of aryl methyl sites for hydroxylation is 1. The summed E-state index contributed by atoms with van der Waals surface area (Å²) >= 11 is 0. The molecule has 1 fully saturated rings. The van der Waals surface area contributed by atoms with Crippen LogP contribution in [-0.2, 0) is 16.8 Å². The molecule has 0 bridgehead atoms. The third-order valence-corrected chi connectivity index (χ3v) is 6.38. The molecule has 7 nitrogen and oxygen atoms in total. The first kappa shape index (κ1) is 21.2. The Balaban J connectivity index is 1.51. The van der Waals surface area contributed by atoms with Crippen molar-refractivity contribution in [3.63, 3.8) is 0 Å². The maximum Gasteiger partial charge on any atom is 0.165 e. The molecule has 0 saturated heterocycles. The van der Waals surface area contributed by atoms with Crippen LogP contribution in [0.3, 0.4) is 0 Å². The van der Waals surface area contributed by atoms with Gasteiger partial charge in [0.05, 0.1) is 16.8 Å². The number of hydrogen-bond acceptors (Lipinski definition) is 7. The van der Waals surface area contributed by atoms with Crippen LogP contribution >= 0.6 is 0 Å². The molecule has 3 aromatic heterocycles. The summed E-state index contributed by atoms with van der Waals surface area (Å²) in [4.78, 5) is 18.6. The molecule has 0 unspecified atom stereocenters. The van der Waals surface area contributed by atoms with Crippen molar-refractivity contribution in [2.45, 2.75) is 38.2 Å². The lowest BCUT2D eigenvalue weighted by molar-refractivity contribution is 0.178. The van der Waals surface area contributed by atoms with Crippen molar-refractivity contribution in [2.75, 3.05) is 12.4 Å². The summed E-state index contributed by atoms with van der Waals surface area (Å²) in [5.74, 6) is 1.24. The Labute approximate surface area is 192 Å². The largest absolute Gasteiger partial charge is 0.377 e. The van der Waals surface area contributed by atoms with Gasteiger partial charge in [0.2, 0.25) is 0 Å². The highest BCUT2D eigenvalue weighted by molar-refractivity contribution is 5.90. The highest BCUT2D eigenvalue weighted by Gasteiger charge is 2.36. The van der Waals surface area contributed by atoms with Gasteiger partial charge < -0.3 is 15.5 Å². The molecule has 0 amide bonds. The Morgan fingerprint density at radius 2 is 1.88 bits per heavy atom. The van der Waals surface area contributed by atoms with E-state index in [1.165, 1.54) is 12.0 Å². The van der Waals surface area contributed by atoms with Crippen LogP contribution in [0.5, 0.6) is 0 Å². The third kappa shape index (κ3) is 3.96. The van der Waals surface area contributed by atoms with Gasteiger partial charge in [-0.1, -0.05) is 24.6 Å². The van der Waals surface area contributed by atoms with Gasteiger partial charge in [-0.05, 0) is 61.2 Å². The molecule has 4 aromatic rings. The molecule has 1 aromatic carbocycles. The molecule has 5 rings (SSSR count). The van der Waals surface area contributed by atoms with Crippen LogP contribution in [0.4, 0.5) is 11.5 Å². The van der Waals surface area contributed by atoms with Crippen LogP contribution in [0, 0.1) is 12.3 Å². The number of rotatable bonds is 7. The van der Waals surface area contributed by atoms with Gasteiger partial charge in [-0.3, -0.25) is 4.98 Å². The van der Waals surface area contributed by atoms with E-state index >= 15 is 0 Å². The van der Waals surface area contributed by atoms with Crippen molar-refractivity contribution < 1.29 is 4.74 Å². The number of fused-ring (bicyclic) bond motifs is 1. The number of hydrogen-bond donors (Lipinski definition) is 2. The van der Waals surface area contributed by atoms with Crippen molar-refractivity contribution in [3.05, 3.63) is 71.7 Å². The smallest absolute Gasteiger partial charge is 0.165 e. The van der Waals surface area contributed by atoms with Crippen molar-refractivity contribution in [1.29, 1.82) is 5.41 Å². The number of nitrogens with zero attached hydrogens (tertiary/aromatic N) is 4. The summed E-state index contributed by atoms with van der Waals surface area (Å²) in [5.41, 5.74) is 5.29. The van der Waals surface area contributed by atoms with Gasteiger partial charge in [0.15, 0.2) is 11.5 Å². The predicted octanol–water partition coefficient (Wildman–Crippen LogP) is 5.36. The second-order valence-corrected chi connectivity index (χ2v) is 8.51. The number of ether oxygens (including phenoxy) is 1. The fraction of sp³-hybridized carbons (Fsp3) is 0.269. The van der Waals surface area contributed by atoms with Crippen LogP contribution in [0.25, 0.3) is 22.4 Å². The second kappa shape index (κ2) is 8.67. The van der Waals surface area contributed by atoms with E-state index in [9.17, 15) is 0 Å². The lowest BCUT2D eigenvalue weighted by Gasteiger charge is -2.38. The second-order valence-electron chi connectivity index (χ2n) is 8.51. The molecule has 166 valence electrons. The zero-order chi connectivity index (χ0) is 22.8. The number of anilines is 2. The first-order valence-corrected chi connectivity index (χ1v) is 11.1. The molecular formula is C26H26N6O. The molecule has 0 spiro atoms. The number of methoxy groups -OCH3 is 1. The quantitative estimate of drug-likeness (QED) is 0.377. The predicted molar refractivity (Wildman–Crippen MR) is 130 cm³/mol. The molecule has 0 atom stereocenters. The van der Waals surface area contributed by atoms with E-state index in [4.69, 9.17) is 15.1 Å². The summed E-state index contributed by atoms with van der Waals surface area (Å²) in [6.07, 6.45) is 6.64. The van der Waals surface area contributed by atoms with Crippen molar-refractivity contribution in [2.24, 2.45) is 0 Å². The first-order chi connectivity index (χ1) is 16.1. The molecule has 1 aliphatic rings. The zero-order valence-corrected chi connectivity index (χ0v) is 18.8. The standard InChI is InChI=1S/C26H26N6O/c1-17-5-3-14-28-23(17)21-11-10-20-24(31-22(15-33-2)32-25(20)30-21)29-19-8-6-18(7-9-19)26(16-27)12-4-13-26/h3,5-11,14,16,27H,4,12-13,15H2,1-2H3,(H,29,30,31,32). The Morgan fingerprint density at radius 1 is 1.06 bits per heavy atom. The van der Waals surface area contributed by atoms with Crippen LogP contribution in [-0.4, -0.2) is 33.3 Å². The van der Waals surface area contributed by atoms with Gasteiger partial charge in [0.1, 0.15) is 12.4 Å². The molecule has 33 heavy (non-hydrogen) atoms. The molecule has 2 N–H and O–H groups in total. The average Bonchev–Trinajstić information content (AvgIpc) is 2.80. The topological polar surface area (TPSA) is 96.7 Å². The maximum absolute atomic E-state index is 7.84. The normalized spacial score (nSPS) is 14.6. The van der Waals surface area contributed by atoms with E-state index in [0.717, 1.165) is 40.9 Å². The lowest BCUT2D eigenvalue weighted by Crippen LogP contribution is -2.35. The highest BCUT2D eigenvalue weighted by Crippen LogP contribution is 2.42. The van der Waals surface area contributed by atoms with Crippen LogP contribution in [0.2, 0.25) is 0 Å². The van der Waals surface area contributed by atoms with Gasteiger partial charge in [-0.2, -0.15) is 0 Å². The number of benzene rings is 1. The minimum atomic E-state index is -0.0876. The van der Waals surface area contributed by atoms with Crippen molar-refractivity contribution in [1.82, 2.24) is 19.9 Å². The summed E-state index contributed by atoms with van der Waals surface area (Å²) in [7, 11) is 1.63. The van der Waals surface area contributed by atoms with E-state index in [0.29, 0.717) is 23.9 Å². The van der Waals surface area contributed by atoms with Crippen LogP contribution < -0.4 is 5.32 Å². The van der Waals surface area contributed by atoms with E-state index in [2.05, 4.69) is 32.4 Å². The minimum absolute atomic E-state index is 0.0876. The first-order valence-electron chi connectivity index (χ1n) is 11.1. The van der Waals surface area contributed by atoms with Gasteiger partial charge in [0.25, 0.3) is 0 Å². The Kier molecular flexibility index (Phi) is 5.56. The van der Waals surface area contributed by atoms with Crippen molar-refractivity contribution >= 4 is 28.8 Å². The van der Waals surface area contributed by atoms with Gasteiger partial charge in [-0.15, -0.1) is 0 Å². The monoisotopic (exact) mass is 438 g/mol. The third-order valence-electron chi connectivity index (χ3n) is 6.38. The Bertz CT molecular complexity index is 1310. The van der Waals surface area contributed by atoms with Gasteiger partial charge in [0, 0.05) is 30.6 Å². The number of pyridine rings is 2. The van der Waals surface area contributed by atoms with Gasteiger partial charge >= 0.3 is 0 Å². The highest BCUT2D eigenvalue weighted by atomic mass is 16.5. The van der Waals surface area contributed by atoms with Crippen molar-refractivity contribution in [3.8, 4) is 11.4 Å². The summed E-state index contributed by atoms with van der Waals surface area (Å²) in [5, 5.41) is 12.1. The van der Waals surface area contributed by atoms with E-state index in [1.807, 2.05) is 43.3 Å². The molecule has 0 aliphatic heterocycles. The summed E-state index contributed by atoms with van der Waals surface area (Å²) in [6, 6.07) is 16.2. The molecule has 1 aliphatic carbocycles. The van der Waals surface area contributed by atoms with E-state index < -0.39 is 0 Å². The summed E-state index contributed by atoms with van der Waals surface area (Å²) < 4.78 is 5.29. The van der Waals surface area contributed by atoms with Crippen LogP contribution in [0.1, 0.15) is 36.2 Å². The molecular weight excluding hydrogens is 412 g/mol. The SMILES string of the molecule is COCc1nc(Nc2ccc(C3(C=N)CCC3)cc2)c2ccc(-c3ncccc3C)nc2n1. The van der Waals surface area contributed by atoms with Gasteiger partial charge in [-0.25, -0.2) is 15.0 Å². The maximum atomic E-state index is 7.84. The van der Waals surface area contributed by atoms with Crippen LogP contribution in [0.15, 0.2) is 54.7 Å². The molecule has 0 radical (unpaired) electrons. The fourth-order valence-electron chi connectivity index (χ4n) is 4.33. The zero-order valence-electron chi connectivity index (χ0n) is 18.8. The Hall–Kier alpha value is -3.71. The fourth-order valence-corrected chi connectivity index (χ4v) is 4.33. The molecule has 3 heterocycles. The number of nitrogens with one attached hydrogen (secondary N) is 2. The van der Waals surface area contributed by atoms with E-state index in [-0.39, 0.29) is 5.41 Å². The number of aromatic nitrogens is 4. The molecule has 1 saturated carbocycles. The Morgan fingerprint density at radius 3 is 2.55 bits per heavy atom. The lowest BCUT2D eigenvalue weighted by atomic mass is 9.65. The molecule has 7 heteroatoms. The average molecular weight is 439 g/mol. The minimum Gasteiger partial charge on any atom is -0.377 e.